The Kier molecular flexibility index (Phi) is 3.01. The number of pyridine rings is 1. The fourth-order valence-corrected chi connectivity index (χ4v) is 1.56. The van der Waals surface area contributed by atoms with Crippen LogP contribution in [0.2, 0.25) is 0 Å². The van der Waals surface area contributed by atoms with Gasteiger partial charge in [0.25, 0.3) is 0 Å². The molecule has 0 aliphatic rings. The molecule has 0 bridgehead atoms. The van der Waals surface area contributed by atoms with Crippen LogP contribution in [0.4, 0.5) is 0 Å². The van der Waals surface area contributed by atoms with Gasteiger partial charge in [-0.1, -0.05) is 19.9 Å². The van der Waals surface area contributed by atoms with Crippen molar-refractivity contribution in [2.24, 2.45) is 5.73 Å². The monoisotopic (exact) mass is 216 g/mol. The van der Waals surface area contributed by atoms with E-state index in [1.807, 2.05) is 24.4 Å². The Bertz CT molecular complexity index is 473. The van der Waals surface area contributed by atoms with Crippen LogP contribution in [-0.2, 0) is 6.54 Å². The minimum absolute atomic E-state index is 0.422. The Morgan fingerprint density at radius 2 is 2.19 bits per heavy atom. The van der Waals surface area contributed by atoms with Crippen LogP contribution in [0.3, 0.4) is 0 Å². The highest BCUT2D eigenvalue weighted by atomic mass is 15.3. The normalized spacial score (nSPS) is 11.0. The van der Waals surface area contributed by atoms with Crippen LogP contribution >= 0.6 is 0 Å². The van der Waals surface area contributed by atoms with Crippen molar-refractivity contribution in [3.63, 3.8) is 0 Å². The van der Waals surface area contributed by atoms with E-state index in [1.165, 1.54) is 0 Å². The third kappa shape index (κ3) is 1.97. The van der Waals surface area contributed by atoms with Crippen LogP contribution < -0.4 is 5.73 Å². The van der Waals surface area contributed by atoms with Crippen molar-refractivity contribution in [1.29, 1.82) is 0 Å². The zero-order valence-electron chi connectivity index (χ0n) is 9.59. The summed E-state index contributed by atoms with van der Waals surface area (Å²) in [6, 6.07) is 5.87. The Balaban J connectivity index is 2.42. The minimum Gasteiger partial charge on any atom is -0.326 e. The standard InChI is InChI=1S/C12H16N4/c1-9(2)11-5-7-16(15-11)12-10(8-13)4-3-6-14-12/h3-7,9H,8,13H2,1-2H3. The van der Waals surface area contributed by atoms with Gasteiger partial charge < -0.3 is 5.73 Å². The van der Waals surface area contributed by atoms with Crippen molar-refractivity contribution in [2.75, 3.05) is 0 Å². The molecular weight excluding hydrogens is 200 g/mol. The summed E-state index contributed by atoms with van der Waals surface area (Å²) in [4.78, 5) is 4.31. The largest absolute Gasteiger partial charge is 0.326 e. The Morgan fingerprint density at radius 1 is 1.38 bits per heavy atom. The number of hydrogen-bond donors (Lipinski definition) is 1. The summed E-state index contributed by atoms with van der Waals surface area (Å²) in [6.07, 6.45) is 3.68. The summed E-state index contributed by atoms with van der Waals surface area (Å²) in [6.45, 7) is 4.71. The van der Waals surface area contributed by atoms with Crippen molar-refractivity contribution in [1.82, 2.24) is 14.8 Å². The first-order valence-corrected chi connectivity index (χ1v) is 5.42. The fraction of sp³-hybridized carbons (Fsp3) is 0.333. The molecule has 2 aromatic heterocycles. The van der Waals surface area contributed by atoms with Gasteiger partial charge in [-0.2, -0.15) is 5.10 Å². The third-order valence-electron chi connectivity index (χ3n) is 2.51. The van der Waals surface area contributed by atoms with E-state index in [-0.39, 0.29) is 0 Å². The second kappa shape index (κ2) is 4.45. The highest BCUT2D eigenvalue weighted by Gasteiger charge is 2.08. The summed E-state index contributed by atoms with van der Waals surface area (Å²) in [5.74, 6) is 1.24. The van der Waals surface area contributed by atoms with Crippen molar-refractivity contribution >= 4 is 0 Å². The predicted molar refractivity (Wildman–Crippen MR) is 63.3 cm³/mol. The molecule has 4 heteroatoms. The first-order valence-electron chi connectivity index (χ1n) is 5.42. The number of nitrogens with two attached hydrogens (primary N) is 1. The minimum atomic E-state index is 0.422. The molecule has 2 heterocycles. The summed E-state index contributed by atoms with van der Waals surface area (Å²) in [5.41, 5.74) is 7.74. The number of hydrogen-bond acceptors (Lipinski definition) is 3. The molecule has 0 aromatic carbocycles. The molecule has 2 N–H and O–H groups in total. The molecule has 0 radical (unpaired) electrons. The van der Waals surface area contributed by atoms with Gasteiger partial charge in [0.1, 0.15) is 0 Å². The predicted octanol–water partition coefficient (Wildman–Crippen LogP) is 1.85. The summed E-state index contributed by atoms with van der Waals surface area (Å²) in [5, 5.41) is 4.49. The van der Waals surface area contributed by atoms with Gasteiger partial charge >= 0.3 is 0 Å². The highest BCUT2D eigenvalue weighted by molar-refractivity contribution is 5.32. The summed E-state index contributed by atoms with van der Waals surface area (Å²) < 4.78 is 1.79. The molecule has 0 spiro atoms. The molecule has 2 rings (SSSR count). The lowest BCUT2D eigenvalue weighted by Gasteiger charge is -2.06. The van der Waals surface area contributed by atoms with Crippen LogP contribution in [-0.4, -0.2) is 14.8 Å². The number of nitrogens with zero attached hydrogens (tertiary/aromatic N) is 3. The third-order valence-corrected chi connectivity index (χ3v) is 2.51. The summed E-state index contributed by atoms with van der Waals surface area (Å²) in [7, 11) is 0. The topological polar surface area (TPSA) is 56.7 Å². The maximum absolute atomic E-state index is 5.67. The molecule has 0 aliphatic heterocycles. The van der Waals surface area contributed by atoms with Gasteiger partial charge in [-0.25, -0.2) is 9.67 Å². The van der Waals surface area contributed by atoms with Crippen molar-refractivity contribution in [3.8, 4) is 5.82 Å². The zero-order chi connectivity index (χ0) is 11.5. The van der Waals surface area contributed by atoms with Gasteiger partial charge in [-0.05, 0) is 18.1 Å². The Labute approximate surface area is 95.1 Å². The molecule has 0 amide bonds. The van der Waals surface area contributed by atoms with Crippen LogP contribution in [0.25, 0.3) is 5.82 Å². The van der Waals surface area contributed by atoms with Gasteiger partial charge in [0, 0.05) is 24.5 Å². The van der Waals surface area contributed by atoms with Gasteiger partial charge in [0.05, 0.1) is 5.69 Å². The lowest BCUT2D eigenvalue weighted by atomic mass is 10.1. The van der Waals surface area contributed by atoms with Gasteiger partial charge in [0.15, 0.2) is 5.82 Å². The fourth-order valence-electron chi connectivity index (χ4n) is 1.56. The smallest absolute Gasteiger partial charge is 0.157 e. The maximum atomic E-state index is 5.67. The van der Waals surface area contributed by atoms with Crippen molar-refractivity contribution in [3.05, 3.63) is 41.9 Å². The first-order chi connectivity index (χ1) is 7.72. The maximum Gasteiger partial charge on any atom is 0.157 e. The van der Waals surface area contributed by atoms with E-state index in [0.717, 1.165) is 17.1 Å². The van der Waals surface area contributed by atoms with Crippen LogP contribution in [0, 0.1) is 0 Å². The molecular formula is C12H16N4. The van der Waals surface area contributed by atoms with E-state index >= 15 is 0 Å². The molecule has 0 saturated heterocycles. The lowest BCUT2D eigenvalue weighted by molar-refractivity contribution is 0.750. The Morgan fingerprint density at radius 3 is 2.81 bits per heavy atom. The number of rotatable bonds is 3. The highest BCUT2D eigenvalue weighted by Crippen LogP contribution is 2.14. The van der Waals surface area contributed by atoms with Crippen molar-refractivity contribution < 1.29 is 0 Å². The molecule has 0 atom stereocenters. The van der Waals surface area contributed by atoms with Gasteiger partial charge in [0.2, 0.25) is 0 Å². The second-order valence-corrected chi connectivity index (χ2v) is 4.03. The first kappa shape index (κ1) is 10.8. The second-order valence-electron chi connectivity index (χ2n) is 4.03. The molecule has 16 heavy (non-hydrogen) atoms. The Hall–Kier alpha value is -1.68. The summed E-state index contributed by atoms with van der Waals surface area (Å²) >= 11 is 0. The van der Waals surface area contributed by atoms with Crippen LogP contribution in [0.5, 0.6) is 0 Å². The van der Waals surface area contributed by atoms with Gasteiger partial charge in [-0.15, -0.1) is 0 Å². The average molecular weight is 216 g/mol. The molecule has 0 fully saturated rings. The van der Waals surface area contributed by atoms with E-state index in [9.17, 15) is 0 Å². The van der Waals surface area contributed by atoms with Crippen LogP contribution in [0.1, 0.15) is 31.0 Å². The van der Waals surface area contributed by atoms with E-state index in [4.69, 9.17) is 5.73 Å². The molecule has 0 aliphatic carbocycles. The SMILES string of the molecule is CC(C)c1ccn(-c2ncccc2CN)n1. The van der Waals surface area contributed by atoms with E-state index < -0.39 is 0 Å². The van der Waals surface area contributed by atoms with Crippen molar-refractivity contribution in [2.45, 2.75) is 26.3 Å². The van der Waals surface area contributed by atoms with Gasteiger partial charge in [-0.3, -0.25) is 0 Å². The quantitative estimate of drug-likeness (QED) is 0.851. The van der Waals surface area contributed by atoms with E-state index in [0.29, 0.717) is 12.5 Å². The van der Waals surface area contributed by atoms with Crippen LogP contribution in [0.15, 0.2) is 30.6 Å². The molecule has 0 saturated carbocycles. The molecule has 4 nitrogen and oxygen atoms in total. The molecule has 84 valence electrons. The lowest BCUT2D eigenvalue weighted by Crippen LogP contribution is -2.07. The zero-order valence-corrected chi connectivity index (χ0v) is 9.59. The molecule has 2 aromatic rings. The molecule has 0 unspecified atom stereocenters. The van der Waals surface area contributed by atoms with E-state index in [2.05, 4.69) is 23.9 Å². The number of aromatic nitrogens is 3. The average Bonchev–Trinajstić information content (AvgIpc) is 2.78. The van der Waals surface area contributed by atoms with E-state index in [1.54, 1.807) is 10.9 Å².